The summed E-state index contributed by atoms with van der Waals surface area (Å²) in [5.41, 5.74) is 1.20. The van der Waals surface area contributed by atoms with Crippen LogP contribution in [0.3, 0.4) is 0 Å². The van der Waals surface area contributed by atoms with Crippen LogP contribution in [0.2, 0.25) is 0 Å². The Kier molecular flexibility index (Phi) is 3.97. The van der Waals surface area contributed by atoms with Crippen molar-refractivity contribution in [2.24, 2.45) is 0 Å². The van der Waals surface area contributed by atoms with Crippen molar-refractivity contribution in [3.05, 3.63) is 23.9 Å². The molecule has 17 heavy (non-hydrogen) atoms. The fraction of sp³-hybridized carbons (Fsp3) is 0.615. The molecule has 0 aliphatic carbocycles. The lowest BCUT2D eigenvalue weighted by Crippen LogP contribution is -2.27. The van der Waals surface area contributed by atoms with Crippen molar-refractivity contribution >= 4 is 5.82 Å². The van der Waals surface area contributed by atoms with Crippen LogP contribution in [0.25, 0.3) is 0 Å². The summed E-state index contributed by atoms with van der Waals surface area (Å²) in [5.74, 6) is 1.01. The van der Waals surface area contributed by atoms with Crippen LogP contribution < -0.4 is 10.2 Å². The van der Waals surface area contributed by atoms with Crippen molar-refractivity contribution in [3.63, 3.8) is 0 Å². The number of rotatable bonds is 4. The zero-order valence-electron chi connectivity index (χ0n) is 10.6. The van der Waals surface area contributed by atoms with Gasteiger partial charge in [-0.15, -0.1) is 0 Å². The summed E-state index contributed by atoms with van der Waals surface area (Å²) in [6.45, 7) is 6.69. The maximum Gasteiger partial charge on any atom is 0.133 e. The number of β-amino-alcohol motifs (C(OH)–C–C–N with tert-alkyl or cyclic N) is 1. The largest absolute Gasteiger partial charge is 0.391 e. The van der Waals surface area contributed by atoms with Crippen molar-refractivity contribution in [1.29, 1.82) is 0 Å². The molecule has 1 fully saturated rings. The molecule has 4 heteroatoms. The molecule has 0 saturated carbocycles. The highest BCUT2D eigenvalue weighted by atomic mass is 16.3. The maximum atomic E-state index is 9.58. The van der Waals surface area contributed by atoms with Crippen LogP contribution in [0.1, 0.15) is 25.8 Å². The number of aliphatic hydroxyl groups excluding tert-OH is 1. The van der Waals surface area contributed by atoms with Gasteiger partial charge in [0.1, 0.15) is 5.82 Å². The van der Waals surface area contributed by atoms with Gasteiger partial charge in [0.15, 0.2) is 0 Å². The van der Waals surface area contributed by atoms with Crippen LogP contribution in [0.15, 0.2) is 18.3 Å². The fourth-order valence-electron chi connectivity index (χ4n) is 2.10. The highest BCUT2D eigenvalue weighted by molar-refractivity contribution is 5.47. The van der Waals surface area contributed by atoms with E-state index in [-0.39, 0.29) is 6.10 Å². The molecule has 0 amide bonds. The van der Waals surface area contributed by atoms with E-state index in [9.17, 15) is 5.11 Å². The Bertz CT molecular complexity index is 367. The summed E-state index contributed by atoms with van der Waals surface area (Å²) in [5, 5.41) is 13.0. The smallest absolute Gasteiger partial charge is 0.133 e. The van der Waals surface area contributed by atoms with Gasteiger partial charge in [0, 0.05) is 37.4 Å². The van der Waals surface area contributed by atoms with E-state index in [4.69, 9.17) is 0 Å². The van der Waals surface area contributed by atoms with E-state index >= 15 is 0 Å². The van der Waals surface area contributed by atoms with E-state index in [1.165, 1.54) is 5.56 Å². The van der Waals surface area contributed by atoms with E-state index in [0.717, 1.165) is 25.3 Å². The lowest BCUT2D eigenvalue weighted by Gasteiger charge is -2.20. The summed E-state index contributed by atoms with van der Waals surface area (Å²) in [6.07, 6.45) is 2.45. The van der Waals surface area contributed by atoms with Gasteiger partial charge < -0.3 is 15.3 Å². The third-order valence-electron chi connectivity index (χ3n) is 3.03. The SMILES string of the molecule is CC(C)NCc1cccnc1N1CCC(O)C1. The second-order valence-electron chi connectivity index (χ2n) is 4.91. The Hall–Kier alpha value is -1.13. The van der Waals surface area contributed by atoms with E-state index in [1.54, 1.807) is 0 Å². The van der Waals surface area contributed by atoms with Crippen LogP contribution in [0.4, 0.5) is 5.82 Å². The number of hydrogen-bond donors (Lipinski definition) is 2. The Morgan fingerprint density at radius 3 is 3.06 bits per heavy atom. The van der Waals surface area contributed by atoms with Crippen LogP contribution >= 0.6 is 0 Å². The predicted molar refractivity (Wildman–Crippen MR) is 69.0 cm³/mol. The Labute approximate surface area is 103 Å². The second-order valence-corrected chi connectivity index (χ2v) is 4.91. The van der Waals surface area contributed by atoms with Gasteiger partial charge >= 0.3 is 0 Å². The van der Waals surface area contributed by atoms with Gasteiger partial charge in [0.05, 0.1) is 6.10 Å². The van der Waals surface area contributed by atoms with Gasteiger partial charge in [0.2, 0.25) is 0 Å². The molecule has 4 nitrogen and oxygen atoms in total. The van der Waals surface area contributed by atoms with Crippen molar-refractivity contribution in [2.75, 3.05) is 18.0 Å². The molecule has 0 aromatic carbocycles. The molecule has 2 rings (SSSR count). The first kappa shape index (κ1) is 12.3. The monoisotopic (exact) mass is 235 g/mol. The summed E-state index contributed by atoms with van der Waals surface area (Å²) in [7, 11) is 0. The molecule has 1 saturated heterocycles. The average Bonchev–Trinajstić information content (AvgIpc) is 2.73. The average molecular weight is 235 g/mol. The minimum Gasteiger partial charge on any atom is -0.391 e. The quantitative estimate of drug-likeness (QED) is 0.822. The summed E-state index contributed by atoms with van der Waals surface area (Å²) in [6, 6.07) is 4.53. The molecular weight excluding hydrogens is 214 g/mol. The van der Waals surface area contributed by atoms with E-state index in [1.807, 2.05) is 12.3 Å². The van der Waals surface area contributed by atoms with E-state index < -0.39 is 0 Å². The molecule has 2 N–H and O–H groups in total. The second kappa shape index (κ2) is 5.47. The molecule has 0 bridgehead atoms. The van der Waals surface area contributed by atoms with Crippen LogP contribution in [-0.2, 0) is 6.54 Å². The highest BCUT2D eigenvalue weighted by Crippen LogP contribution is 2.22. The Morgan fingerprint density at radius 1 is 1.59 bits per heavy atom. The fourth-order valence-corrected chi connectivity index (χ4v) is 2.10. The molecule has 1 unspecified atom stereocenters. The molecule has 1 aliphatic rings. The minimum atomic E-state index is -0.206. The molecule has 0 spiro atoms. The first-order valence-electron chi connectivity index (χ1n) is 6.27. The Morgan fingerprint density at radius 2 is 2.41 bits per heavy atom. The van der Waals surface area contributed by atoms with Gasteiger partial charge in [-0.05, 0) is 12.5 Å². The predicted octanol–water partition coefficient (Wildman–Crippen LogP) is 1.15. The molecule has 1 aliphatic heterocycles. The molecule has 2 heterocycles. The molecule has 0 radical (unpaired) electrons. The number of aromatic nitrogens is 1. The van der Waals surface area contributed by atoms with Crippen molar-refractivity contribution in [2.45, 2.75) is 39.0 Å². The number of hydrogen-bond acceptors (Lipinski definition) is 4. The van der Waals surface area contributed by atoms with Gasteiger partial charge in [-0.3, -0.25) is 0 Å². The first-order valence-corrected chi connectivity index (χ1v) is 6.27. The lowest BCUT2D eigenvalue weighted by atomic mass is 10.2. The van der Waals surface area contributed by atoms with Crippen molar-refractivity contribution < 1.29 is 5.11 Å². The number of anilines is 1. The van der Waals surface area contributed by atoms with Gasteiger partial charge in [-0.1, -0.05) is 19.9 Å². The van der Waals surface area contributed by atoms with Crippen LogP contribution in [0.5, 0.6) is 0 Å². The minimum absolute atomic E-state index is 0.206. The van der Waals surface area contributed by atoms with Crippen LogP contribution in [0, 0.1) is 0 Å². The van der Waals surface area contributed by atoms with Crippen molar-refractivity contribution in [1.82, 2.24) is 10.3 Å². The summed E-state index contributed by atoms with van der Waals surface area (Å²) < 4.78 is 0. The van der Waals surface area contributed by atoms with E-state index in [2.05, 4.69) is 35.1 Å². The van der Waals surface area contributed by atoms with Crippen molar-refractivity contribution in [3.8, 4) is 0 Å². The van der Waals surface area contributed by atoms with Gasteiger partial charge in [-0.25, -0.2) is 4.98 Å². The number of aliphatic hydroxyl groups is 1. The zero-order valence-corrected chi connectivity index (χ0v) is 10.6. The highest BCUT2D eigenvalue weighted by Gasteiger charge is 2.22. The van der Waals surface area contributed by atoms with Crippen LogP contribution in [-0.4, -0.2) is 35.3 Å². The molecule has 94 valence electrons. The zero-order chi connectivity index (χ0) is 12.3. The normalized spacial score (nSPS) is 20.2. The Balaban J connectivity index is 2.10. The van der Waals surface area contributed by atoms with E-state index in [0.29, 0.717) is 12.6 Å². The third kappa shape index (κ3) is 3.17. The molecule has 1 aromatic rings. The summed E-state index contributed by atoms with van der Waals surface area (Å²) in [4.78, 5) is 6.62. The summed E-state index contributed by atoms with van der Waals surface area (Å²) >= 11 is 0. The van der Waals surface area contributed by atoms with Gasteiger partial charge in [0.25, 0.3) is 0 Å². The topological polar surface area (TPSA) is 48.4 Å². The molecule has 1 aromatic heterocycles. The molecule has 1 atom stereocenters. The maximum absolute atomic E-state index is 9.58. The first-order chi connectivity index (χ1) is 8.16. The number of nitrogens with zero attached hydrogens (tertiary/aromatic N) is 2. The number of pyridine rings is 1. The van der Waals surface area contributed by atoms with Gasteiger partial charge in [-0.2, -0.15) is 0 Å². The number of nitrogens with one attached hydrogen (secondary N) is 1. The lowest BCUT2D eigenvalue weighted by molar-refractivity contribution is 0.198. The standard InChI is InChI=1S/C13H21N3O/c1-10(2)15-8-11-4-3-6-14-13(11)16-7-5-12(17)9-16/h3-4,6,10,12,15,17H,5,7-9H2,1-2H3. The molecular formula is C13H21N3O. The third-order valence-corrected chi connectivity index (χ3v) is 3.03.